The number of hydrogen-bond acceptors (Lipinski definition) is 4. The molecule has 108 valence electrons. The van der Waals surface area contributed by atoms with E-state index in [1.807, 2.05) is 26.8 Å². The van der Waals surface area contributed by atoms with Crippen LogP contribution in [0.5, 0.6) is 0 Å². The van der Waals surface area contributed by atoms with Crippen LogP contribution in [0, 0.1) is 0 Å². The Labute approximate surface area is 122 Å². The number of anilines is 1. The van der Waals surface area contributed by atoms with Gasteiger partial charge in [0.05, 0.1) is 5.69 Å². The van der Waals surface area contributed by atoms with Crippen molar-refractivity contribution >= 4 is 28.6 Å². The summed E-state index contributed by atoms with van der Waals surface area (Å²) >= 11 is 5.77. The Balaban J connectivity index is 2.24. The van der Waals surface area contributed by atoms with Crippen molar-refractivity contribution in [3.05, 3.63) is 29.3 Å². The monoisotopic (exact) mass is 296 g/mol. The third kappa shape index (κ3) is 3.04. The van der Waals surface area contributed by atoms with Gasteiger partial charge in [0.15, 0.2) is 5.17 Å². The van der Waals surface area contributed by atoms with E-state index in [2.05, 4.69) is 5.16 Å². The van der Waals surface area contributed by atoms with Crippen LogP contribution in [0.3, 0.4) is 0 Å². The lowest BCUT2D eigenvalue weighted by atomic mass is 10.1. The Morgan fingerprint density at radius 1 is 1.45 bits per heavy atom. The summed E-state index contributed by atoms with van der Waals surface area (Å²) in [7, 11) is 0. The fraction of sp³-hybridized carbons (Fsp3) is 0.429. The third-order valence-electron chi connectivity index (χ3n) is 2.91. The molecule has 0 saturated heterocycles. The molecule has 0 radical (unpaired) electrons. The molecule has 1 aliphatic heterocycles. The fourth-order valence-electron chi connectivity index (χ4n) is 2.09. The molecule has 0 unspecified atom stereocenters. The molecule has 1 amide bonds. The van der Waals surface area contributed by atoms with Gasteiger partial charge in [0, 0.05) is 12.1 Å². The van der Waals surface area contributed by atoms with Crippen molar-refractivity contribution in [1.82, 2.24) is 0 Å². The zero-order chi connectivity index (χ0) is 14.9. The number of fused-ring (bicyclic) bond motifs is 1. The number of oxime groups is 1. The zero-order valence-electron chi connectivity index (χ0n) is 11.7. The van der Waals surface area contributed by atoms with Crippen LogP contribution in [0.4, 0.5) is 10.5 Å². The quantitative estimate of drug-likeness (QED) is 0.491. The predicted octanol–water partition coefficient (Wildman–Crippen LogP) is 3.36. The highest BCUT2D eigenvalue weighted by atomic mass is 35.5. The molecule has 0 aliphatic carbocycles. The number of amides is 1. The standard InChI is InChI=1S/C14H17ClN2O3/c1-14(2,3)20-13(18)17-7-6-9-8-10(12(15)16-19)4-5-11(9)17/h4-5,8,19H,6-7H2,1-3H3. The number of carbonyl (C=O) groups is 1. The summed E-state index contributed by atoms with van der Waals surface area (Å²) in [6, 6.07) is 5.32. The van der Waals surface area contributed by atoms with Gasteiger partial charge in [0.2, 0.25) is 0 Å². The molecule has 0 fully saturated rings. The van der Waals surface area contributed by atoms with Crippen molar-refractivity contribution in [3.63, 3.8) is 0 Å². The van der Waals surface area contributed by atoms with Gasteiger partial charge in [-0.05, 0) is 51.0 Å². The second kappa shape index (κ2) is 5.32. The van der Waals surface area contributed by atoms with Crippen LogP contribution in [-0.2, 0) is 11.2 Å². The molecule has 1 aromatic rings. The van der Waals surface area contributed by atoms with Gasteiger partial charge in [-0.15, -0.1) is 0 Å². The highest BCUT2D eigenvalue weighted by molar-refractivity contribution is 6.69. The minimum Gasteiger partial charge on any atom is -0.443 e. The number of ether oxygens (including phenoxy) is 1. The summed E-state index contributed by atoms with van der Waals surface area (Å²) in [6.45, 7) is 6.08. The van der Waals surface area contributed by atoms with Gasteiger partial charge in [-0.2, -0.15) is 0 Å². The average Bonchev–Trinajstić information content (AvgIpc) is 2.78. The second-order valence-electron chi connectivity index (χ2n) is 5.62. The average molecular weight is 297 g/mol. The van der Waals surface area contributed by atoms with E-state index in [9.17, 15) is 4.79 Å². The first-order valence-corrected chi connectivity index (χ1v) is 6.71. The molecule has 1 heterocycles. The molecule has 2 rings (SSSR count). The molecule has 6 heteroatoms. The lowest BCUT2D eigenvalue weighted by molar-refractivity contribution is 0.0584. The van der Waals surface area contributed by atoms with E-state index in [0.717, 1.165) is 17.7 Å². The summed E-state index contributed by atoms with van der Waals surface area (Å²) in [5.74, 6) is 0. The first-order valence-electron chi connectivity index (χ1n) is 6.33. The number of halogens is 1. The minimum atomic E-state index is -0.521. The van der Waals surface area contributed by atoms with Crippen LogP contribution in [0.2, 0.25) is 0 Å². The molecule has 0 saturated carbocycles. The molecule has 0 bridgehead atoms. The Morgan fingerprint density at radius 3 is 2.75 bits per heavy atom. The number of rotatable bonds is 1. The van der Waals surface area contributed by atoms with Gasteiger partial charge in [-0.3, -0.25) is 4.90 Å². The lowest BCUT2D eigenvalue weighted by Gasteiger charge is -2.24. The van der Waals surface area contributed by atoms with Crippen molar-refractivity contribution in [2.75, 3.05) is 11.4 Å². The Morgan fingerprint density at radius 2 is 2.15 bits per heavy atom. The molecule has 0 atom stereocenters. The van der Waals surface area contributed by atoms with Gasteiger partial charge >= 0.3 is 6.09 Å². The van der Waals surface area contributed by atoms with Crippen LogP contribution in [-0.4, -0.2) is 28.6 Å². The zero-order valence-corrected chi connectivity index (χ0v) is 12.4. The van der Waals surface area contributed by atoms with Crippen molar-refractivity contribution in [3.8, 4) is 0 Å². The van der Waals surface area contributed by atoms with Crippen LogP contribution < -0.4 is 4.90 Å². The van der Waals surface area contributed by atoms with Crippen molar-refractivity contribution in [1.29, 1.82) is 0 Å². The van der Waals surface area contributed by atoms with Crippen LogP contribution >= 0.6 is 11.6 Å². The molecule has 5 nitrogen and oxygen atoms in total. The van der Waals surface area contributed by atoms with Crippen LogP contribution in [0.25, 0.3) is 0 Å². The maximum atomic E-state index is 12.1. The second-order valence-corrected chi connectivity index (χ2v) is 5.97. The first kappa shape index (κ1) is 14.7. The summed E-state index contributed by atoms with van der Waals surface area (Å²) in [5.41, 5.74) is 1.90. The lowest BCUT2D eigenvalue weighted by Crippen LogP contribution is -2.35. The number of carbonyl (C=O) groups excluding carboxylic acids is 1. The Hall–Kier alpha value is -1.75. The van der Waals surface area contributed by atoms with E-state index in [4.69, 9.17) is 21.5 Å². The number of benzene rings is 1. The SMILES string of the molecule is CC(C)(C)OC(=O)N1CCc2cc(C(Cl)=NO)ccc21. The number of hydrogen-bond donors (Lipinski definition) is 1. The van der Waals surface area contributed by atoms with E-state index < -0.39 is 5.60 Å². The smallest absolute Gasteiger partial charge is 0.414 e. The Kier molecular flexibility index (Phi) is 3.90. The normalized spacial score (nSPS) is 15.2. The molecule has 1 aliphatic rings. The van der Waals surface area contributed by atoms with E-state index in [-0.39, 0.29) is 11.3 Å². The van der Waals surface area contributed by atoms with E-state index in [1.54, 1.807) is 17.0 Å². The molecular formula is C14H17ClN2O3. The molecular weight excluding hydrogens is 280 g/mol. The predicted molar refractivity (Wildman–Crippen MR) is 77.9 cm³/mol. The van der Waals surface area contributed by atoms with Crippen LogP contribution in [0.1, 0.15) is 31.9 Å². The van der Waals surface area contributed by atoms with E-state index in [1.165, 1.54) is 0 Å². The fourth-order valence-corrected chi connectivity index (χ4v) is 2.21. The van der Waals surface area contributed by atoms with E-state index in [0.29, 0.717) is 12.1 Å². The van der Waals surface area contributed by atoms with Crippen molar-refractivity contribution in [2.45, 2.75) is 32.8 Å². The number of nitrogens with zero attached hydrogens (tertiary/aromatic N) is 2. The van der Waals surface area contributed by atoms with Gasteiger partial charge in [-0.25, -0.2) is 4.79 Å². The summed E-state index contributed by atoms with van der Waals surface area (Å²) < 4.78 is 5.37. The van der Waals surface area contributed by atoms with E-state index >= 15 is 0 Å². The molecule has 0 spiro atoms. The molecule has 1 N–H and O–H groups in total. The van der Waals surface area contributed by atoms with Crippen molar-refractivity contribution < 1.29 is 14.7 Å². The van der Waals surface area contributed by atoms with Gasteiger partial charge in [-0.1, -0.05) is 16.8 Å². The maximum Gasteiger partial charge on any atom is 0.414 e. The van der Waals surface area contributed by atoms with Crippen LogP contribution in [0.15, 0.2) is 23.4 Å². The van der Waals surface area contributed by atoms with Gasteiger partial charge in [0.25, 0.3) is 0 Å². The van der Waals surface area contributed by atoms with Crippen molar-refractivity contribution in [2.24, 2.45) is 5.16 Å². The molecule has 0 aromatic heterocycles. The molecule has 20 heavy (non-hydrogen) atoms. The minimum absolute atomic E-state index is 0.0310. The Bertz CT molecular complexity index is 564. The topological polar surface area (TPSA) is 62.1 Å². The molecule has 1 aromatic carbocycles. The summed E-state index contributed by atoms with van der Waals surface area (Å²) in [5, 5.41) is 11.7. The largest absolute Gasteiger partial charge is 0.443 e. The highest BCUT2D eigenvalue weighted by Gasteiger charge is 2.29. The third-order valence-corrected chi connectivity index (χ3v) is 3.21. The highest BCUT2D eigenvalue weighted by Crippen LogP contribution is 2.30. The summed E-state index contributed by atoms with van der Waals surface area (Å²) in [4.78, 5) is 13.7. The van der Waals surface area contributed by atoms with Gasteiger partial charge in [0.1, 0.15) is 5.60 Å². The maximum absolute atomic E-state index is 12.1. The first-order chi connectivity index (χ1) is 9.31. The summed E-state index contributed by atoms with van der Waals surface area (Å²) in [6.07, 6.45) is 0.365. The van der Waals surface area contributed by atoms with Gasteiger partial charge < -0.3 is 9.94 Å².